The number of benzene rings is 3. The summed E-state index contributed by atoms with van der Waals surface area (Å²) >= 11 is 0. The number of aryl methyl sites for hydroxylation is 1. The molecule has 0 aliphatic rings. The highest BCUT2D eigenvalue weighted by molar-refractivity contribution is 7.91. The Balaban J connectivity index is 1.86. The molecule has 0 aliphatic carbocycles. The lowest BCUT2D eigenvalue weighted by molar-refractivity contribution is -0.385. The van der Waals surface area contributed by atoms with Crippen LogP contribution in [0.1, 0.15) is 16.1 Å². The topological polar surface area (TPSA) is 165 Å². The molecule has 36 heavy (non-hydrogen) atoms. The van der Waals surface area contributed by atoms with Crippen LogP contribution in [0.25, 0.3) is 5.69 Å². The number of carbonyl (C=O) groups excluding carboxylic acids is 1. The number of nitrogens with zero attached hydrogens (tertiary/aromatic N) is 4. The number of sulfone groups is 1. The van der Waals surface area contributed by atoms with E-state index in [0.717, 1.165) is 35.0 Å². The summed E-state index contributed by atoms with van der Waals surface area (Å²) in [4.78, 5) is 33.0. The number of nitro groups is 2. The van der Waals surface area contributed by atoms with Crippen LogP contribution < -0.4 is 4.74 Å². The number of carbonyl (C=O) groups is 1. The minimum atomic E-state index is -4.37. The van der Waals surface area contributed by atoms with E-state index >= 15 is 0 Å². The van der Waals surface area contributed by atoms with E-state index in [1.54, 1.807) is 30.3 Å². The second-order valence-corrected chi connectivity index (χ2v) is 9.30. The van der Waals surface area contributed by atoms with Crippen LogP contribution in [0.4, 0.5) is 11.4 Å². The van der Waals surface area contributed by atoms with Gasteiger partial charge in [-0.3, -0.25) is 20.2 Å². The monoisotopic (exact) mass is 508 g/mol. The first-order valence-electron chi connectivity index (χ1n) is 10.2. The smallest absolute Gasteiger partial charge is 0.345 e. The molecule has 0 aliphatic heterocycles. The molecular weight excluding hydrogens is 492 g/mol. The van der Waals surface area contributed by atoms with Gasteiger partial charge in [-0.05, 0) is 37.3 Å². The van der Waals surface area contributed by atoms with Gasteiger partial charge in [0.2, 0.25) is 15.7 Å². The minimum Gasteiger partial charge on any atom is -0.402 e. The van der Waals surface area contributed by atoms with Gasteiger partial charge in [-0.25, -0.2) is 13.2 Å². The third-order valence-electron chi connectivity index (χ3n) is 5.07. The fourth-order valence-corrected chi connectivity index (χ4v) is 4.91. The maximum atomic E-state index is 13.6. The average molecular weight is 508 g/mol. The first-order chi connectivity index (χ1) is 17.1. The largest absolute Gasteiger partial charge is 0.402 e. The zero-order valence-electron chi connectivity index (χ0n) is 18.5. The second kappa shape index (κ2) is 9.38. The van der Waals surface area contributed by atoms with Crippen LogP contribution in [0.2, 0.25) is 0 Å². The van der Waals surface area contributed by atoms with E-state index in [-0.39, 0.29) is 27.5 Å². The zero-order chi connectivity index (χ0) is 26.0. The lowest BCUT2D eigenvalue weighted by Gasteiger charge is -2.11. The molecule has 0 unspecified atom stereocenters. The molecule has 4 rings (SSSR count). The Kier molecular flexibility index (Phi) is 6.31. The van der Waals surface area contributed by atoms with Crippen molar-refractivity contribution in [3.63, 3.8) is 0 Å². The van der Waals surface area contributed by atoms with E-state index in [1.165, 1.54) is 25.1 Å². The van der Waals surface area contributed by atoms with Gasteiger partial charge in [0.25, 0.3) is 11.4 Å². The molecule has 13 heteroatoms. The van der Waals surface area contributed by atoms with Crippen LogP contribution in [0, 0.1) is 27.2 Å². The maximum absolute atomic E-state index is 13.6. The first kappa shape index (κ1) is 24.2. The maximum Gasteiger partial charge on any atom is 0.345 e. The summed E-state index contributed by atoms with van der Waals surface area (Å²) in [7, 11) is -4.37. The predicted molar refractivity (Wildman–Crippen MR) is 125 cm³/mol. The summed E-state index contributed by atoms with van der Waals surface area (Å²) in [5, 5.41) is 26.3. The summed E-state index contributed by atoms with van der Waals surface area (Å²) in [6.45, 7) is 1.41. The van der Waals surface area contributed by atoms with Crippen molar-refractivity contribution in [1.29, 1.82) is 0 Å². The van der Waals surface area contributed by atoms with E-state index in [1.807, 2.05) is 0 Å². The molecule has 0 N–H and O–H groups in total. The third kappa shape index (κ3) is 4.54. The molecule has 0 amide bonds. The average Bonchev–Trinajstić information content (AvgIpc) is 3.20. The summed E-state index contributed by atoms with van der Waals surface area (Å²) < 4.78 is 33.7. The van der Waals surface area contributed by atoms with Crippen LogP contribution in [-0.4, -0.2) is 34.0 Å². The lowest BCUT2D eigenvalue weighted by atomic mass is 10.2. The van der Waals surface area contributed by atoms with E-state index < -0.39 is 36.4 Å². The minimum absolute atomic E-state index is 0.000881. The molecule has 4 aromatic rings. The van der Waals surface area contributed by atoms with Crippen molar-refractivity contribution in [2.45, 2.75) is 16.7 Å². The molecular formula is C23H16N4O8S. The highest BCUT2D eigenvalue weighted by atomic mass is 32.2. The normalized spacial score (nSPS) is 11.1. The number of aromatic nitrogens is 2. The van der Waals surface area contributed by atoms with Crippen LogP contribution in [-0.2, 0) is 9.84 Å². The Morgan fingerprint density at radius 2 is 1.53 bits per heavy atom. The van der Waals surface area contributed by atoms with E-state index in [2.05, 4.69) is 5.10 Å². The quantitative estimate of drug-likeness (QED) is 0.203. The molecule has 0 atom stereocenters. The van der Waals surface area contributed by atoms with Crippen molar-refractivity contribution in [3.05, 3.63) is 110 Å². The van der Waals surface area contributed by atoms with Crippen molar-refractivity contribution in [1.82, 2.24) is 9.78 Å². The van der Waals surface area contributed by atoms with Crippen LogP contribution in [0.15, 0.2) is 88.7 Å². The van der Waals surface area contributed by atoms with Crippen molar-refractivity contribution >= 4 is 27.2 Å². The number of para-hydroxylation sites is 1. The standard InChI is InChI=1S/C23H16N4O8S/c1-15-21(36(33,34)20-12-10-18(11-13-20)26(29)30)22(25(24-15)17-7-3-2-4-8-17)35-23(28)16-6-5-9-19(14-16)27(31)32/h2-14H,1H3. The molecule has 0 saturated carbocycles. The Labute approximate surface area is 203 Å². The molecule has 0 fully saturated rings. The highest BCUT2D eigenvalue weighted by Crippen LogP contribution is 2.35. The van der Waals surface area contributed by atoms with Gasteiger partial charge in [0.05, 0.1) is 31.7 Å². The van der Waals surface area contributed by atoms with Gasteiger partial charge >= 0.3 is 5.97 Å². The number of ether oxygens (including phenoxy) is 1. The molecule has 3 aromatic carbocycles. The number of rotatable bonds is 7. The van der Waals surface area contributed by atoms with Gasteiger partial charge in [-0.1, -0.05) is 24.3 Å². The zero-order valence-corrected chi connectivity index (χ0v) is 19.3. The SMILES string of the molecule is Cc1nn(-c2ccccc2)c(OC(=O)c2cccc([N+](=O)[O-])c2)c1S(=O)(=O)c1ccc([N+](=O)[O-])cc1. The molecule has 1 aromatic heterocycles. The third-order valence-corrected chi connectivity index (χ3v) is 6.97. The molecule has 0 bridgehead atoms. The van der Waals surface area contributed by atoms with Gasteiger partial charge in [0.1, 0.15) is 0 Å². The highest BCUT2D eigenvalue weighted by Gasteiger charge is 2.32. The van der Waals surface area contributed by atoms with Crippen molar-refractivity contribution in [3.8, 4) is 11.6 Å². The fraction of sp³-hybridized carbons (Fsp3) is 0.0435. The Bertz CT molecular complexity index is 1600. The summed E-state index contributed by atoms with van der Waals surface area (Å²) in [5.41, 5.74) is -0.452. The lowest BCUT2D eigenvalue weighted by Crippen LogP contribution is -2.14. The van der Waals surface area contributed by atoms with Gasteiger partial charge in [0.15, 0.2) is 4.90 Å². The van der Waals surface area contributed by atoms with Crippen LogP contribution in [0.3, 0.4) is 0 Å². The van der Waals surface area contributed by atoms with E-state index in [0.29, 0.717) is 5.69 Å². The summed E-state index contributed by atoms with van der Waals surface area (Å²) in [6, 6.07) is 17.3. The van der Waals surface area contributed by atoms with Crippen molar-refractivity contribution < 1.29 is 27.8 Å². The molecule has 182 valence electrons. The molecule has 12 nitrogen and oxygen atoms in total. The van der Waals surface area contributed by atoms with Crippen molar-refractivity contribution in [2.24, 2.45) is 0 Å². The first-order valence-corrected chi connectivity index (χ1v) is 11.7. The van der Waals surface area contributed by atoms with Gasteiger partial charge in [-0.15, -0.1) is 0 Å². The van der Waals surface area contributed by atoms with Crippen molar-refractivity contribution in [2.75, 3.05) is 0 Å². The predicted octanol–water partition coefficient (Wildman–Crippen LogP) is 4.05. The number of non-ortho nitro benzene ring substituents is 2. The van der Waals surface area contributed by atoms with Gasteiger partial charge in [-0.2, -0.15) is 9.78 Å². The van der Waals surface area contributed by atoms with E-state index in [9.17, 15) is 33.4 Å². The van der Waals surface area contributed by atoms with Gasteiger partial charge < -0.3 is 4.74 Å². The summed E-state index contributed by atoms with van der Waals surface area (Å²) in [5.74, 6) is -1.48. The van der Waals surface area contributed by atoms with Crippen LogP contribution in [0.5, 0.6) is 5.88 Å². The molecule has 0 spiro atoms. The molecule has 0 radical (unpaired) electrons. The number of esters is 1. The Morgan fingerprint density at radius 1 is 0.889 bits per heavy atom. The molecule has 0 saturated heterocycles. The van der Waals surface area contributed by atoms with Crippen LogP contribution >= 0.6 is 0 Å². The number of hydrogen-bond donors (Lipinski definition) is 0. The molecule has 1 heterocycles. The second-order valence-electron chi connectivity index (χ2n) is 7.42. The van der Waals surface area contributed by atoms with E-state index in [4.69, 9.17) is 4.74 Å². The number of hydrogen-bond acceptors (Lipinski definition) is 9. The summed E-state index contributed by atoms with van der Waals surface area (Å²) in [6.07, 6.45) is 0. The fourth-order valence-electron chi connectivity index (χ4n) is 3.39. The Hall–Kier alpha value is -4.91. The van der Waals surface area contributed by atoms with Gasteiger partial charge in [0, 0.05) is 24.3 Å². The Morgan fingerprint density at radius 3 is 2.14 bits per heavy atom. The number of nitro benzene ring substituents is 2.